The van der Waals surface area contributed by atoms with Gasteiger partial charge in [-0.2, -0.15) is 0 Å². The average Bonchev–Trinajstić information content (AvgIpc) is 2.29. The highest BCUT2D eigenvalue weighted by atomic mass is 16.3. The Labute approximate surface area is 93.1 Å². The van der Waals surface area contributed by atoms with Crippen molar-refractivity contribution < 1.29 is 5.11 Å². The number of rotatable bonds is 5. The molecular weight excluding hydrogens is 184 g/mol. The minimum absolute atomic E-state index is 0.350. The van der Waals surface area contributed by atoms with Crippen LogP contribution in [0.25, 0.3) is 0 Å². The van der Waals surface area contributed by atoms with E-state index < -0.39 is 5.60 Å². The monoisotopic (exact) mass is 206 g/mol. The van der Waals surface area contributed by atoms with Crippen molar-refractivity contribution in [3.63, 3.8) is 0 Å². The second kappa shape index (κ2) is 5.32. The van der Waals surface area contributed by atoms with Crippen molar-refractivity contribution in [1.29, 1.82) is 0 Å². The van der Waals surface area contributed by atoms with Gasteiger partial charge in [0.05, 0.1) is 5.60 Å². The molecule has 84 valence electrons. The third-order valence-corrected chi connectivity index (χ3v) is 3.49. The maximum Gasteiger partial charge on any atom is 0.0710 e. The second-order valence-electron chi connectivity index (χ2n) is 4.43. The molecule has 1 N–H and O–H groups in total. The first kappa shape index (κ1) is 12.3. The average molecular weight is 206 g/mol. The van der Waals surface area contributed by atoms with Crippen molar-refractivity contribution in [2.24, 2.45) is 5.92 Å². The summed E-state index contributed by atoms with van der Waals surface area (Å²) in [6.07, 6.45) is 2.60. The Bertz CT molecular complexity index is 281. The van der Waals surface area contributed by atoms with Gasteiger partial charge in [0.15, 0.2) is 0 Å². The summed E-state index contributed by atoms with van der Waals surface area (Å²) < 4.78 is 0. The molecule has 0 bridgehead atoms. The summed E-state index contributed by atoms with van der Waals surface area (Å²) >= 11 is 0. The molecule has 0 spiro atoms. The maximum absolute atomic E-state index is 10.5. The van der Waals surface area contributed by atoms with E-state index in [1.807, 2.05) is 18.2 Å². The largest absolute Gasteiger partial charge is 0.389 e. The summed E-state index contributed by atoms with van der Waals surface area (Å²) in [4.78, 5) is 0. The fourth-order valence-corrected chi connectivity index (χ4v) is 1.98. The lowest BCUT2D eigenvalue weighted by Gasteiger charge is -2.33. The van der Waals surface area contributed by atoms with Crippen molar-refractivity contribution in [1.82, 2.24) is 0 Å². The van der Waals surface area contributed by atoms with Gasteiger partial charge in [-0.3, -0.25) is 0 Å². The summed E-state index contributed by atoms with van der Waals surface area (Å²) in [7, 11) is 0. The molecule has 1 rings (SSSR count). The zero-order chi connectivity index (χ0) is 11.3. The van der Waals surface area contributed by atoms with E-state index in [0.29, 0.717) is 5.92 Å². The normalized spacial score (nSPS) is 17.1. The first-order valence-corrected chi connectivity index (χ1v) is 5.88. The first-order valence-electron chi connectivity index (χ1n) is 5.88. The summed E-state index contributed by atoms with van der Waals surface area (Å²) in [6.45, 7) is 6.33. The lowest BCUT2D eigenvalue weighted by Crippen LogP contribution is -2.37. The molecule has 15 heavy (non-hydrogen) atoms. The molecule has 0 saturated carbocycles. The second-order valence-corrected chi connectivity index (χ2v) is 4.43. The minimum atomic E-state index is -0.546. The van der Waals surface area contributed by atoms with Gasteiger partial charge in [0, 0.05) is 6.42 Å². The van der Waals surface area contributed by atoms with E-state index in [-0.39, 0.29) is 0 Å². The van der Waals surface area contributed by atoms with Crippen LogP contribution in [0.1, 0.15) is 39.2 Å². The molecule has 1 aromatic carbocycles. The van der Waals surface area contributed by atoms with Crippen molar-refractivity contribution in [3.05, 3.63) is 35.9 Å². The van der Waals surface area contributed by atoms with Crippen LogP contribution in [-0.4, -0.2) is 10.7 Å². The molecule has 0 aliphatic heterocycles. The summed E-state index contributed by atoms with van der Waals surface area (Å²) in [5.41, 5.74) is 0.679. The van der Waals surface area contributed by atoms with Gasteiger partial charge in [0.2, 0.25) is 0 Å². The number of benzene rings is 1. The quantitative estimate of drug-likeness (QED) is 0.782. The van der Waals surface area contributed by atoms with Crippen LogP contribution in [0.4, 0.5) is 0 Å². The Morgan fingerprint density at radius 1 is 1.20 bits per heavy atom. The molecule has 0 heterocycles. The molecule has 0 aliphatic rings. The van der Waals surface area contributed by atoms with E-state index in [1.54, 1.807) is 0 Å². The predicted molar refractivity (Wildman–Crippen MR) is 64.8 cm³/mol. The van der Waals surface area contributed by atoms with Crippen LogP contribution in [0.3, 0.4) is 0 Å². The fourth-order valence-electron chi connectivity index (χ4n) is 1.98. The molecule has 1 aromatic rings. The molecule has 0 saturated heterocycles. The molecular formula is C14H22O. The van der Waals surface area contributed by atoms with Crippen molar-refractivity contribution in [2.75, 3.05) is 0 Å². The molecule has 2 atom stereocenters. The van der Waals surface area contributed by atoms with Crippen molar-refractivity contribution in [2.45, 2.75) is 45.6 Å². The Balaban J connectivity index is 2.77. The highest BCUT2D eigenvalue weighted by Gasteiger charge is 2.30. The minimum Gasteiger partial charge on any atom is -0.389 e. The molecule has 1 heteroatoms. The summed E-state index contributed by atoms with van der Waals surface area (Å²) in [5.74, 6) is 0.350. The van der Waals surface area contributed by atoms with Crippen LogP contribution in [0.5, 0.6) is 0 Å². The van der Waals surface area contributed by atoms with Gasteiger partial charge in [0.1, 0.15) is 0 Å². The Hall–Kier alpha value is -0.820. The molecule has 1 nitrogen and oxygen atoms in total. The van der Waals surface area contributed by atoms with E-state index in [1.165, 1.54) is 5.56 Å². The molecule has 0 aromatic heterocycles. The highest BCUT2D eigenvalue weighted by molar-refractivity contribution is 5.17. The Morgan fingerprint density at radius 2 is 1.80 bits per heavy atom. The predicted octanol–water partition coefficient (Wildman–Crippen LogP) is 3.42. The summed E-state index contributed by atoms with van der Waals surface area (Å²) in [6, 6.07) is 10.2. The van der Waals surface area contributed by atoms with Crippen molar-refractivity contribution >= 4 is 0 Å². The van der Waals surface area contributed by atoms with E-state index in [4.69, 9.17) is 0 Å². The van der Waals surface area contributed by atoms with Gasteiger partial charge < -0.3 is 5.11 Å². The first-order chi connectivity index (χ1) is 7.12. The molecule has 0 amide bonds. The van der Waals surface area contributed by atoms with E-state index in [0.717, 1.165) is 19.3 Å². The maximum atomic E-state index is 10.5. The Kier molecular flexibility index (Phi) is 4.34. The molecule has 2 unspecified atom stereocenters. The van der Waals surface area contributed by atoms with Gasteiger partial charge in [-0.15, -0.1) is 0 Å². The van der Waals surface area contributed by atoms with Crippen LogP contribution in [0.2, 0.25) is 0 Å². The van der Waals surface area contributed by atoms with Crippen LogP contribution in [-0.2, 0) is 6.42 Å². The van der Waals surface area contributed by atoms with Crippen LogP contribution >= 0.6 is 0 Å². The molecule has 0 fully saturated rings. The SMILES string of the molecule is CCC(C)C(O)(CC)Cc1ccccc1. The lowest BCUT2D eigenvalue weighted by molar-refractivity contribution is -0.0165. The zero-order valence-electron chi connectivity index (χ0n) is 10.0. The number of hydrogen-bond donors (Lipinski definition) is 1. The Morgan fingerprint density at radius 3 is 2.27 bits per heavy atom. The van der Waals surface area contributed by atoms with Gasteiger partial charge in [-0.25, -0.2) is 0 Å². The molecule has 0 aliphatic carbocycles. The zero-order valence-corrected chi connectivity index (χ0v) is 10.0. The van der Waals surface area contributed by atoms with Crippen LogP contribution in [0.15, 0.2) is 30.3 Å². The van der Waals surface area contributed by atoms with Crippen molar-refractivity contribution in [3.8, 4) is 0 Å². The van der Waals surface area contributed by atoms with Crippen LogP contribution in [0, 0.1) is 5.92 Å². The lowest BCUT2D eigenvalue weighted by atomic mass is 9.80. The number of hydrogen-bond acceptors (Lipinski definition) is 1. The van der Waals surface area contributed by atoms with Gasteiger partial charge >= 0.3 is 0 Å². The third kappa shape index (κ3) is 3.07. The third-order valence-electron chi connectivity index (χ3n) is 3.49. The van der Waals surface area contributed by atoms with Gasteiger partial charge in [-0.1, -0.05) is 57.5 Å². The van der Waals surface area contributed by atoms with Gasteiger partial charge in [0.25, 0.3) is 0 Å². The number of aliphatic hydroxyl groups is 1. The smallest absolute Gasteiger partial charge is 0.0710 e. The fraction of sp³-hybridized carbons (Fsp3) is 0.571. The van der Waals surface area contributed by atoms with E-state index >= 15 is 0 Å². The standard InChI is InChI=1S/C14H22O/c1-4-12(3)14(15,5-2)11-13-9-7-6-8-10-13/h6-10,12,15H,4-5,11H2,1-3H3. The van der Waals surface area contributed by atoms with Gasteiger partial charge in [-0.05, 0) is 17.9 Å². The van der Waals surface area contributed by atoms with Crippen LogP contribution < -0.4 is 0 Å². The van der Waals surface area contributed by atoms with E-state index in [9.17, 15) is 5.11 Å². The highest BCUT2D eigenvalue weighted by Crippen LogP contribution is 2.28. The topological polar surface area (TPSA) is 20.2 Å². The molecule has 0 radical (unpaired) electrons. The van der Waals surface area contributed by atoms with E-state index in [2.05, 4.69) is 32.9 Å². The summed E-state index contributed by atoms with van der Waals surface area (Å²) in [5, 5.41) is 10.5.